The summed E-state index contributed by atoms with van der Waals surface area (Å²) in [5.74, 6) is -0.313. The standard InChI is InChI=1S/C16H26N2O2/c1-16(2,3)14-7-5-13(6-8-14)11-18(9-10-20-4)12-15(17)19/h5-8H,9-12H2,1-4H3,(H2,17,19). The van der Waals surface area contributed by atoms with Crippen LogP contribution in [0.5, 0.6) is 0 Å². The largest absolute Gasteiger partial charge is 0.383 e. The van der Waals surface area contributed by atoms with Crippen LogP contribution in [-0.4, -0.2) is 37.6 Å². The Kier molecular flexibility index (Phi) is 6.17. The molecule has 1 rings (SSSR count). The second-order valence-electron chi connectivity index (χ2n) is 6.12. The average Bonchev–Trinajstić information content (AvgIpc) is 2.35. The third-order valence-corrected chi connectivity index (χ3v) is 3.22. The van der Waals surface area contributed by atoms with Crippen molar-refractivity contribution in [1.29, 1.82) is 0 Å². The Morgan fingerprint density at radius 2 is 1.85 bits per heavy atom. The van der Waals surface area contributed by atoms with Gasteiger partial charge in [-0.2, -0.15) is 0 Å². The molecule has 0 aliphatic heterocycles. The molecule has 4 nitrogen and oxygen atoms in total. The molecule has 1 aromatic carbocycles. The lowest BCUT2D eigenvalue weighted by molar-refractivity contribution is -0.119. The zero-order valence-electron chi connectivity index (χ0n) is 13.0. The maximum absolute atomic E-state index is 11.1. The van der Waals surface area contributed by atoms with E-state index in [4.69, 9.17) is 10.5 Å². The smallest absolute Gasteiger partial charge is 0.231 e. The zero-order valence-corrected chi connectivity index (χ0v) is 13.0. The number of methoxy groups -OCH3 is 1. The van der Waals surface area contributed by atoms with Crippen LogP contribution < -0.4 is 5.73 Å². The molecule has 0 radical (unpaired) electrons. The number of nitrogens with two attached hydrogens (primary N) is 1. The molecule has 4 heteroatoms. The molecular weight excluding hydrogens is 252 g/mol. The van der Waals surface area contributed by atoms with Crippen LogP contribution >= 0.6 is 0 Å². The van der Waals surface area contributed by atoms with Crippen LogP contribution in [0.2, 0.25) is 0 Å². The Balaban J connectivity index is 2.70. The summed E-state index contributed by atoms with van der Waals surface area (Å²) < 4.78 is 5.06. The molecule has 0 aliphatic rings. The SMILES string of the molecule is COCCN(CC(N)=O)Cc1ccc(C(C)(C)C)cc1. The van der Waals surface area contributed by atoms with E-state index in [2.05, 4.69) is 45.0 Å². The Morgan fingerprint density at radius 3 is 2.30 bits per heavy atom. The van der Waals surface area contributed by atoms with Gasteiger partial charge in [0.2, 0.25) is 5.91 Å². The molecule has 0 aliphatic carbocycles. The molecule has 0 saturated carbocycles. The molecule has 1 aromatic rings. The van der Waals surface area contributed by atoms with Crippen LogP contribution in [0.1, 0.15) is 31.9 Å². The molecule has 0 fully saturated rings. The fraction of sp³-hybridized carbons (Fsp3) is 0.562. The first-order valence-electron chi connectivity index (χ1n) is 6.92. The molecule has 0 unspecified atom stereocenters. The van der Waals surface area contributed by atoms with Crippen molar-refractivity contribution in [3.63, 3.8) is 0 Å². The van der Waals surface area contributed by atoms with Crippen LogP contribution in [0.4, 0.5) is 0 Å². The minimum Gasteiger partial charge on any atom is -0.383 e. The summed E-state index contributed by atoms with van der Waals surface area (Å²) >= 11 is 0. The molecule has 112 valence electrons. The highest BCUT2D eigenvalue weighted by atomic mass is 16.5. The van der Waals surface area contributed by atoms with Gasteiger partial charge in [0, 0.05) is 20.2 Å². The van der Waals surface area contributed by atoms with E-state index in [0.29, 0.717) is 19.7 Å². The maximum atomic E-state index is 11.1. The van der Waals surface area contributed by atoms with Gasteiger partial charge in [0.25, 0.3) is 0 Å². The van der Waals surface area contributed by atoms with Gasteiger partial charge in [-0.15, -0.1) is 0 Å². The highest BCUT2D eigenvalue weighted by Crippen LogP contribution is 2.22. The quantitative estimate of drug-likeness (QED) is 0.829. The minimum atomic E-state index is -0.313. The highest BCUT2D eigenvalue weighted by Gasteiger charge is 2.14. The summed E-state index contributed by atoms with van der Waals surface area (Å²) in [7, 11) is 1.65. The number of ether oxygens (including phenoxy) is 1. The monoisotopic (exact) mass is 278 g/mol. The molecule has 0 saturated heterocycles. The van der Waals surface area contributed by atoms with E-state index in [0.717, 1.165) is 0 Å². The van der Waals surface area contributed by atoms with Crippen LogP contribution in [0.15, 0.2) is 24.3 Å². The van der Waals surface area contributed by atoms with Crippen molar-refractivity contribution in [2.75, 3.05) is 26.8 Å². The van der Waals surface area contributed by atoms with E-state index in [-0.39, 0.29) is 17.9 Å². The maximum Gasteiger partial charge on any atom is 0.231 e. The molecule has 1 amide bonds. The number of rotatable bonds is 7. The van der Waals surface area contributed by atoms with Crippen molar-refractivity contribution < 1.29 is 9.53 Å². The number of amides is 1. The van der Waals surface area contributed by atoms with Crippen LogP contribution in [0.25, 0.3) is 0 Å². The molecule has 0 heterocycles. The van der Waals surface area contributed by atoms with E-state index in [1.54, 1.807) is 7.11 Å². The third kappa shape index (κ3) is 5.72. The summed E-state index contributed by atoms with van der Waals surface area (Å²) in [6.45, 7) is 8.83. The third-order valence-electron chi connectivity index (χ3n) is 3.22. The van der Waals surface area contributed by atoms with Gasteiger partial charge >= 0.3 is 0 Å². The van der Waals surface area contributed by atoms with Gasteiger partial charge in [0.05, 0.1) is 13.2 Å². The average molecular weight is 278 g/mol. The van der Waals surface area contributed by atoms with E-state index >= 15 is 0 Å². The molecule has 0 atom stereocenters. The van der Waals surface area contributed by atoms with E-state index in [1.165, 1.54) is 11.1 Å². The summed E-state index contributed by atoms with van der Waals surface area (Å²) in [5.41, 5.74) is 7.91. The van der Waals surface area contributed by atoms with Gasteiger partial charge in [-0.1, -0.05) is 45.0 Å². The number of hydrogen-bond donors (Lipinski definition) is 1. The number of nitrogens with zero attached hydrogens (tertiary/aromatic N) is 1. The van der Waals surface area contributed by atoms with Gasteiger partial charge in [0.15, 0.2) is 0 Å². The number of hydrogen-bond acceptors (Lipinski definition) is 3. The van der Waals surface area contributed by atoms with Gasteiger partial charge in [-0.05, 0) is 16.5 Å². The van der Waals surface area contributed by atoms with Gasteiger partial charge in [-0.3, -0.25) is 9.69 Å². The number of carbonyl (C=O) groups is 1. The second kappa shape index (κ2) is 7.41. The summed E-state index contributed by atoms with van der Waals surface area (Å²) in [5, 5.41) is 0. The van der Waals surface area contributed by atoms with Crippen LogP contribution in [-0.2, 0) is 21.5 Å². The Labute approximate surface area is 121 Å². The van der Waals surface area contributed by atoms with Crippen molar-refractivity contribution >= 4 is 5.91 Å². The Bertz CT molecular complexity index is 421. The predicted octanol–water partition coefficient (Wildman–Crippen LogP) is 1.92. The highest BCUT2D eigenvalue weighted by molar-refractivity contribution is 5.75. The van der Waals surface area contributed by atoms with Crippen LogP contribution in [0, 0.1) is 0 Å². The van der Waals surface area contributed by atoms with Crippen molar-refractivity contribution in [2.24, 2.45) is 5.73 Å². The normalized spacial score (nSPS) is 11.8. The van der Waals surface area contributed by atoms with Gasteiger partial charge in [0.1, 0.15) is 0 Å². The lowest BCUT2D eigenvalue weighted by atomic mass is 9.87. The van der Waals surface area contributed by atoms with Gasteiger partial charge in [-0.25, -0.2) is 0 Å². The number of benzene rings is 1. The lowest BCUT2D eigenvalue weighted by Gasteiger charge is -2.22. The fourth-order valence-corrected chi connectivity index (χ4v) is 2.02. The first-order valence-corrected chi connectivity index (χ1v) is 6.92. The summed E-state index contributed by atoms with van der Waals surface area (Å²) in [6.07, 6.45) is 0. The van der Waals surface area contributed by atoms with Crippen molar-refractivity contribution in [2.45, 2.75) is 32.7 Å². The second-order valence-corrected chi connectivity index (χ2v) is 6.12. The molecule has 0 spiro atoms. The van der Waals surface area contributed by atoms with Crippen molar-refractivity contribution in [3.8, 4) is 0 Å². The lowest BCUT2D eigenvalue weighted by Crippen LogP contribution is -2.35. The molecule has 20 heavy (non-hydrogen) atoms. The minimum absolute atomic E-state index is 0.154. The fourth-order valence-electron chi connectivity index (χ4n) is 2.02. The molecule has 2 N–H and O–H groups in total. The molecule has 0 aromatic heterocycles. The van der Waals surface area contributed by atoms with E-state index < -0.39 is 0 Å². The van der Waals surface area contributed by atoms with Crippen molar-refractivity contribution in [1.82, 2.24) is 4.90 Å². The molecular formula is C16H26N2O2. The Hall–Kier alpha value is -1.39. The van der Waals surface area contributed by atoms with Gasteiger partial charge < -0.3 is 10.5 Å². The predicted molar refractivity (Wildman–Crippen MR) is 81.5 cm³/mol. The summed E-state index contributed by atoms with van der Waals surface area (Å²) in [6, 6.07) is 8.52. The van der Waals surface area contributed by atoms with E-state index in [9.17, 15) is 4.79 Å². The molecule has 0 bridgehead atoms. The zero-order chi connectivity index (χ0) is 15.2. The van der Waals surface area contributed by atoms with Crippen molar-refractivity contribution in [3.05, 3.63) is 35.4 Å². The number of carbonyl (C=O) groups excluding carboxylic acids is 1. The number of primary amides is 1. The topological polar surface area (TPSA) is 55.6 Å². The van der Waals surface area contributed by atoms with Crippen LogP contribution in [0.3, 0.4) is 0 Å². The first-order chi connectivity index (χ1) is 9.32. The summed E-state index contributed by atoms with van der Waals surface area (Å²) in [4.78, 5) is 13.1. The van der Waals surface area contributed by atoms with E-state index in [1.807, 2.05) is 4.90 Å². The first kappa shape index (κ1) is 16.7. The Morgan fingerprint density at radius 1 is 1.25 bits per heavy atom.